The number of aromatic nitrogens is 1. The van der Waals surface area contributed by atoms with Gasteiger partial charge in [0.05, 0.1) is 0 Å². The minimum absolute atomic E-state index is 0.0748. The number of rotatable bonds is 4. The Kier molecular flexibility index (Phi) is 5.03. The molecule has 1 atom stereocenters. The van der Waals surface area contributed by atoms with Gasteiger partial charge < -0.3 is 10.2 Å². The van der Waals surface area contributed by atoms with Gasteiger partial charge in [0.1, 0.15) is 0 Å². The number of hydrogen-bond donors (Lipinski definition) is 1. The molecule has 1 N–H and O–H groups in total. The number of carbonyl (C=O) groups is 2. The molecule has 104 valence electrons. The summed E-state index contributed by atoms with van der Waals surface area (Å²) in [6.07, 6.45) is 0.293. The Morgan fingerprint density at radius 1 is 1.32 bits per heavy atom. The molecule has 0 aliphatic rings. The SMILES string of the molecule is CNC(=O)CC(C)N(C)C(=O)c1cc(C)nc(C)c1. The molecule has 0 saturated carbocycles. The molecule has 1 rings (SSSR count). The highest BCUT2D eigenvalue weighted by Gasteiger charge is 2.20. The molecule has 1 heterocycles. The first-order valence-corrected chi connectivity index (χ1v) is 6.28. The number of nitrogens with zero attached hydrogens (tertiary/aromatic N) is 2. The summed E-state index contributed by atoms with van der Waals surface area (Å²) < 4.78 is 0. The Morgan fingerprint density at radius 2 is 1.84 bits per heavy atom. The Balaban J connectivity index is 2.84. The van der Waals surface area contributed by atoms with Gasteiger partial charge in [-0.2, -0.15) is 0 Å². The van der Waals surface area contributed by atoms with Crippen molar-refractivity contribution in [3.05, 3.63) is 29.1 Å². The largest absolute Gasteiger partial charge is 0.359 e. The highest BCUT2D eigenvalue weighted by molar-refractivity contribution is 5.94. The van der Waals surface area contributed by atoms with Crippen molar-refractivity contribution in [2.75, 3.05) is 14.1 Å². The molecule has 5 heteroatoms. The fourth-order valence-corrected chi connectivity index (χ4v) is 1.87. The second-order valence-electron chi connectivity index (χ2n) is 4.78. The first-order valence-electron chi connectivity index (χ1n) is 6.28. The van der Waals surface area contributed by atoms with Gasteiger partial charge >= 0.3 is 0 Å². The molecule has 0 aliphatic carbocycles. The molecule has 5 nitrogen and oxygen atoms in total. The normalized spacial score (nSPS) is 11.8. The number of pyridine rings is 1. The van der Waals surface area contributed by atoms with Crippen molar-refractivity contribution in [3.63, 3.8) is 0 Å². The van der Waals surface area contributed by atoms with Gasteiger partial charge in [-0.1, -0.05) is 0 Å². The van der Waals surface area contributed by atoms with Crippen LogP contribution in [0.3, 0.4) is 0 Å². The van der Waals surface area contributed by atoms with Crippen LogP contribution in [0.2, 0.25) is 0 Å². The lowest BCUT2D eigenvalue weighted by molar-refractivity contribution is -0.121. The zero-order valence-electron chi connectivity index (χ0n) is 12.2. The zero-order chi connectivity index (χ0) is 14.6. The third-order valence-corrected chi connectivity index (χ3v) is 3.07. The lowest BCUT2D eigenvalue weighted by atomic mass is 10.1. The maximum atomic E-state index is 12.3. The van der Waals surface area contributed by atoms with Gasteiger partial charge in [0.25, 0.3) is 5.91 Å². The molecule has 0 aliphatic heterocycles. The molecular formula is C14H21N3O2. The van der Waals surface area contributed by atoms with Gasteiger partial charge in [-0.05, 0) is 32.9 Å². The average Bonchev–Trinajstić information content (AvgIpc) is 2.35. The van der Waals surface area contributed by atoms with Gasteiger partial charge in [-0.25, -0.2) is 0 Å². The van der Waals surface area contributed by atoms with Crippen molar-refractivity contribution in [1.29, 1.82) is 0 Å². The van der Waals surface area contributed by atoms with Crippen LogP contribution in [0.4, 0.5) is 0 Å². The van der Waals surface area contributed by atoms with Gasteiger partial charge in [-0.3, -0.25) is 14.6 Å². The molecule has 19 heavy (non-hydrogen) atoms. The van der Waals surface area contributed by atoms with Crippen molar-refractivity contribution in [2.45, 2.75) is 33.2 Å². The standard InChI is InChI=1S/C14H21N3O2/c1-9-6-12(7-10(2)16-9)14(19)17(5)11(3)8-13(18)15-4/h6-7,11H,8H2,1-5H3,(H,15,18). The Labute approximate surface area is 114 Å². The van der Waals surface area contributed by atoms with E-state index >= 15 is 0 Å². The summed E-state index contributed by atoms with van der Waals surface area (Å²) in [6.45, 7) is 5.57. The van der Waals surface area contributed by atoms with E-state index in [-0.39, 0.29) is 17.9 Å². The van der Waals surface area contributed by atoms with Crippen LogP contribution >= 0.6 is 0 Å². The predicted octanol–water partition coefficient (Wildman–Crippen LogP) is 1.30. The molecule has 1 unspecified atom stereocenters. The van der Waals surface area contributed by atoms with Gasteiger partial charge in [0.15, 0.2) is 0 Å². The Hall–Kier alpha value is -1.91. The second kappa shape index (κ2) is 6.31. The molecule has 0 aromatic carbocycles. The van der Waals surface area contributed by atoms with Gasteiger partial charge in [0.2, 0.25) is 5.91 Å². The van der Waals surface area contributed by atoms with Crippen LogP contribution in [0.5, 0.6) is 0 Å². The van der Waals surface area contributed by atoms with Gasteiger partial charge in [0, 0.05) is 43.5 Å². The van der Waals surface area contributed by atoms with E-state index in [2.05, 4.69) is 10.3 Å². The molecule has 0 spiro atoms. The van der Waals surface area contributed by atoms with Crippen molar-refractivity contribution < 1.29 is 9.59 Å². The average molecular weight is 263 g/mol. The summed E-state index contributed by atoms with van der Waals surface area (Å²) >= 11 is 0. The summed E-state index contributed by atoms with van der Waals surface area (Å²) in [7, 11) is 3.30. The minimum atomic E-state index is -0.152. The summed E-state index contributed by atoms with van der Waals surface area (Å²) in [6, 6.07) is 3.37. The second-order valence-corrected chi connectivity index (χ2v) is 4.78. The highest BCUT2D eigenvalue weighted by atomic mass is 16.2. The monoisotopic (exact) mass is 263 g/mol. The summed E-state index contributed by atoms with van der Waals surface area (Å²) in [5, 5.41) is 2.56. The van der Waals surface area contributed by atoms with Crippen LogP contribution in [0.15, 0.2) is 12.1 Å². The maximum Gasteiger partial charge on any atom is 0.253 e. The third kappa shape index (κ3) is 4.05. The lowest BCUT2D eigenvalue weighted by Gasteiger charge is -2.24. The van der Waals surface area contributed by atoms with E-state index in [0.717, 1.165) is 11.4 Å². The fourth-order valence-electron chi connectivity index (χ4n) is 1.87. The van der Waals surface area contributed by atoms with E-state index < -0.39 is 0 Å². The molecule has 0 bridgehead atoms. The Morgan fingerprint density at radius 3 is 2.32 bits per heavy atom. The molecular weight excluding hydrogens is 242 g/mol. The zero-order valence-corrected chi connectivity index (χ0v) is 12.2. The molecule has 1 aromatic heterocycles. The predicted molar refractivity (Wildman–Crippen MR) is 74.0 cm³/mol. The van der Waals surface area contributed by atoms with E-state index in [1.165, 1.54) is 0 Å². The number of nitrogens with one attached hydrogen (secondary N) is 1. The smallest absolute Gasteiger partial charge is 0.253 e. The topological polar surface area (TPSA) is 62.3 Å². The third-order valence-electron chi connectivity index (χ3n) is 3.07. The van der Waals surface area contributed by atoms with E-state index in [4.69, 9.17) is 0 Å². The number of carbonyl (C=O) groups excluding carboxylic acids is 2. The van der Waals surface area contributed by atoms with E-state index in [1.54, 1.807) is 31.1 Å². The highest BCUT2D eigenvalue weighted by Crippen LogP contribution is 2.11. The summed E-state index contributed by atoms with van der Waals surface area (Å²) in [5.74, 6) is -0.167. The number of amides is 2. The van der Waals surface area contributed by atoms with Crippen LogP contribution in [-0.4, -0.2) is 41.8 Å². The van der Waals surface area contributed by atoms with E-state index in [9.17, 15) is 9.59 Å². The van der Waals surface area contributed by atoms with Crippen LogP contribution in [0, 0.1) is 13.8 Å². The molecule has 0 saturated heterocycles. The van der Waals surface area contributed by atoms with Crippen molar-refractivity contribution >= 4 is 11.8 Å². The summed E-state index contributed by atoms with van der Waals surface area (Å²) in [4.78, 5) is 29.5. The van der Waals surface area contributed by atoms with Crippen LogP contribution in [0.1, 0.15) is 35.1 Å². The number of aryl methyl sites for hydroxylation is 2. The first kappa shape index (κ1) is 15.1. The fraction of sp³-hybridized carbons (Fsp3) is 0.500. The van der Waals surface area contributed by atoms with Crippen molar-refractivity contribution in [3.8, 4) is 0 Å². The van der Waals surface area contributed by atoms with Gasteiger partial charge in [-0.15, -0.1) is 0 Å². The minimum Gasteiger partial charge on any atom is -0.359 e. The van der Waals surface area contributed by atoms with Crippen LogP contribution in [-0.2, 0) is 4.79 Å². The van der Waals surface area contributed by atoms with Crippen LogP contribution < -0.4 is 5.32 Å². The molecule has 1 aromatic rings. The first-order chi connectivity index (χ1) is 8.85. The Bertz CT molecular complexity index is 465. The molecule has 0 radical (unpaired) electrons. The van der Waals surface area contributed by atoms with E-state index in [0.29, 0.717) is 12.0 Å². The maximum absolute atomic E-state index is 12.3. The van der Waals surface area contributed by atoms with Crippen LogP contribution in [0.25, 0.3) is 0 Å². The van der Waals surface area contributed by atoms with E-state index in [1.807, 2.05) is 20.8 Å². The van der Waals surface area contributed by atoms with Crippen molar-refractivity contribution in [2.24, 2.45) is 0 Å². The summed E-state index contributed by atoms with van der Waals surface area (Å²) in [5.41, 5.74) is 2.24. The molecule has 0 fully saturated rings. The quantitative estimate of drug-likeness (QED) is 0.890. The lowest BCUT2D eigenvalue weighted by Crippen LogP contribution is -2.38. The number of hydrogen-bond acceptors (Lipinski definition) is 3. The van der Waals surface area contributed by atoms with Crippen molar-refractivity contribution in [1.82, 2.24) is 15.2 Å². The molecule has 2 amide bonds.